The van der Waals surface area contributed by atoms with Gasteiger partial charge >= 0.3 is 0 Å². The molecule has 0 saturated heterocycles. The lowest BCUT2D eigenvalue weighted by Gasteiger charge is -2.08. The number of carbonyl (C=O) groups is 1. The van der Waals surface area contributed by atoms with Gasteiger partial charge in [-0.3, -0.25) is 4.79 Å². The maximum absolute atomic E-state index is 13.4. The molecule has 0 saturated carbocycles. The molecule has 0 unspecified atom stereocenters. The Morgan fingerprint density at radius 2 is 2.28 bits per heavy atom. The van der Waals surface area contributed by atoms with Crippen LogP contribution in [0.15, 0.2) is 34.8 Å². The summed E-state index contributed by atoms with van der Waals surface area (Å²) in [5.41, 5.74) is 0.926. The third-order valence-electron chi connectivity index (χ3n) is 2.07. The number of ether oxygens (including phenoxy) is 1. The molecule has 0 fully saturated rings. The summed E-state index contributed by atoms with van der Waals surface area (Å²) in [7, 11) is 0. The van der Waals surface area contributed by atoms with E-state index >= 15 is 0 Å². The van der Waals surface area contributed by atoms with Crippen molar-refractivity contribution in [1.82, 2.24) is 5.32 Å². The van der Waals surface area contributed by atoms with Crippen molar-refractivity contribution < 1.29 is 13.9 Å². The molecule has 1 aromatic rings. The molecule has 1 amide bonds. The first-order valence-electron chi connectivity index (χ1n) is 5.46. The van der Waals surface area contributed by atoms with Crippen LogP contribution in [0.25, 0.3) is 0 Å². The number of hydrogen-bond acceptors (Lipinski definition) is 2. The molecule has 98 valence electrons. The predicted octanol–water partition coefficient (Wildman–Crippen LogP) is 2.91. The fraction of sp³-hybridized carbons (Fsp3) is 0.308. The number of halogens is 2. The van der Waals surface area contributed by atoms with Crippen molar-refractivity contribution in [2.45, 2.75) is 6.92 Å². The molecule has 0 aromatic heterocycles. The Balaban J connectivity index is 2.44. The van der Waals surface area contributed by atoms with Gasteiger partial charge in [-0.05, 0) is 35.0 Å². The van der Waals surface area contributed by atoms with Gasteiger partial charge in [0.25, 0.3) is 5.91 Å². The molecule has 1 aromatic carbocycles. The van der Waals surface area contributed by atoms with Crippen molar-refractivity contribution in [2.75, 3.05) is 19.8 Å². The van der Waals surface area contributed by atoms with E-state index in [2.05, 4.69) is 27.8 Å². The number of benzene rings is 1. The van der Waals surface area contributed by atoms with Crippen LogP contribution in [0.5, 0.6) is 0 Å². The van der Waals surface area contributed by atoms with Gasteiger partial charge in [0.15, 0.2) is 0 Å². The van der Waals surface area contributed by atoms with E-state index in [9.17, 15) is 9.18 Å². The topological polar surface area (TPSA) is 38.3 Å². The average Bonchev–Trinajstić information content (AvgIpc) is 2.27. The molecule has 0 aliphatic carbocycles. The zero-order valence-electron chi connectivity index (χ0n) is 10.1. The summed E-state index contributed by atoms with van der Waals surface area (Å²) in [6, 6.07) is 4.40. The predicted molar refractivity (Wildman–Crippen MR) is 72.1 cm³/mol. The van der Waals surface area contributed by atoms with Crippen molar-refractivity contribution in [3.63, 3.8) is 0 Å². The lowest BCUT2D eigenvalue weighted by atomic mass is 10.2. The molecule has 1 N–H and O–H groups in total. The third kappa shape index (κ3) is 4.58. The normalized spacial score (nSPS) is 10.2. The molecule has 0 atom stereocenters. The quantitative estimate of drug-likeness (QED) is 0.647. The summed E-state index contributed by atoms with van der Waals surface area (Å²) in [6.07, 6.45) is 0. The van der Waals surface area contributed by atoms with E-state index in [1.807, 2.05) is 6.92 Å². The first-order chi connectivity index (χ1) is 8.52. The SMILES string of the molecule is C=C(C)COCCNC(=O)c1c(F)cccc1Br. The molecule has 0 heterocycles. The Bertz CT molecular complexity index is 428. The first kappa shape index (κ1) is 14.9. The summed E-state index contributed by atoms with van der Waals surface area (Å²) in [4.78, 5) is 11.7. The van der Waals surface area contributed by atoms with Crippen molar-refractivity contribution >= 4 is 21.8 Å². The summed E-state index contributed by atoms with van der Waals surface area (Å²) in [6.45, 7) is 6.70. The molecule has 0 bridgehead atoms. The number of hydrogen-bond donors (Lipinski definition) is 1. The van der Waals surface area contributed by atoms with E-state index < -0.39 is 11.7 Å². The van der Waals surface area contributed by atoms with Crippen LogP contribution in [0.1, 0.15) is 17.3 Å². The van der Waals surface area contributed by atoms with Crippen LogP contribution < -0.4 is 5.32 Å². The number of carbonyl (C=O) groups excluding carboxylic acids is 1. The van der Waals surface area contributed by atoms with E-state index in [0.717, 1.165) is 5.57 Å². The van der Waals surface area contributed by atoms with Crippen LogP contribution in [0.2, 0.25) is 0 Å². The highest BCUT2D eigenvalue weighted by molar-refractivity contribution is 9.10. The molecule has 3 nitrogen and oxygen atoms in total. The minimum Gasteiger partial charge on any atom is -0.375 e. The van der Waals surface area contributed by atoms with E-state index in [-0.39, 0.29) is 5.56 Å². The number of amides is 1. The van der Waals surface area contributed by atoms with Crippen molar-refractivity contribution in [1.29, 1.82) is 0 Å². The second-order valence-electron chi connectivity index (χ2n) is 3.86. The van der Waals surface area contributed by atoms with Gasteiger partial charge in [-0.1, -0.05) is 18.2 Å². The smallest absolute Gasteiger partial charge is 0.255 e. The summed E-state index contributed by atoms with van der Waals surface area (Å²) in [5, 5.41) is 2.59. The summed E-state index contributed by atoms with van der Waals surface area (Å²) in [5.74, 6) is -1.01. The zero-order valence-corrected chi connectivity index (χ0v) is 11.7. The maximum atomic E-state index is 13.4. The fourth-order valence-electron chi connectivity index (χ4n) is 1.29. The van der Waals surface area contributed by atoms with E-state index in [0.29, 0.717) is 24.2 Å². The highest BCUT2D eigenvalue weighted by atomic mass is 79.9. The average molecular weight is 316 g/mol. The van der Waals surface area contributed by atoms with Crippen LogP contribution in [0, 0.1) is 5.82 Å². The number of rotatable bonds is 6. The molecular weight excluding hydrogens is 301 g/mol. The molecular formula is C13H15BrFNO2. The fourth-order valence-corrected chi connectivity index (χ4v) is 1.81. The van der Waals surface area contributed by atoms with Crippen molar-refractivity contribution in [2.24, 2.45) is 0 Å². The third-order valence-corrected chi connectivity index (χ3v) is 2.73. The number of nitrogens with one attached hydrogen (secondary N) is 1. The Morgan fingerprint density at radius 3 is 2.89 bits per heavy atom. The van der Waals surface area contributed by atoms with Gasteiger partial charge in [0.1, 0.15) is 5.82 Å². The van der Waals surface area contributed by atoms with Crippen LogP contribution in [-0.2, 0) is 4.74 Å². The summed E-state index contributed by atoms with van der Waals surface area (Å²) >= 11 is 3.15. The minimum absolute atomic E-state index is 0.0115. The minimum atomic E-state index is -0.551. The highest BCUT2D eigenvalue weighted by Gasteiger charge is 2.14. The monoisotopic (exact) mass is 315 g/mol. The largest absolute Gasteiger partial charge is 0.375 e. The van der Waals surface area contributed by atoms with E-state index in [1.165, 1.54) is 12.1 Å². The molecule has 0 aliphatic rings. The van der Waals surface area contributed by atoms with Gasteiger partial charge in [-0.15, -0.1) is 0 Å². The Hall–Kier alpha value is -1.20. The standard InChI is InChI=1S/C13H15BrFNO2/c1-9(2)8-18-7-6-16-13(17)12-10(14)4-3-5-11(12)15/h3-5H,1,6-8H2,2H3,(H,16,17). The van der Waals surface area contributed by atoms with Crippen LogP contribution in [-0.4, -0.2) is 25.7 Å². The Kier molecular flexibility index (Phi) is 6.01. The van der Waals surface area contributed by atoms with E-state index in [4.69, 9.17) is 4.74 Å². The lowest BCUT2D eigenvalue weighted by molar-refractivity contribution is 0.0922. The van der Waals surface area contributed by atoms with Gasteiger partial charge < -0.3 is 10.1 Å². The van der Waals surface area contributed by atoms with Crippen molar-refractivity contribution in [3.05, 3.63) is 46.2 Å². The second kappa shape index (κ2) is 7.28. The van der Waals surface area contributed by atoms with Gasteiger partial charge in [0.05, 0.1) is 18.8 Å². The molecule has 5 heteroatoms. The second-order valence-corrected chi connectivity index (χ2v) is 4.72. The van der Waals surface area contributed by atoms with Gasteiger partial charge in [-0.2, -0.15) is 0 Å². The Labute approximate surface area is 114 Å². The van der Waals surface area contributed by atoms with Crippen LogP contribution >= 0.6 is 15.9 Å². The summed E-state index contributed by atoms with van der Waals surface area (Å²) < 4.78 is 19.1. The molecule has 1 rings (SSSR count). The van der Waals surface area contributed by atoms with Gasteiger partial charge in [0, 0.05) is 11.0 Å². The lowest BCUT2D eigenvalue weighted by Crippen LogP contribution is -2.28. The molecule has 0 aliphatic heterocycles. The molecule has 0 radical (unpaired) electrons. The maximum Gasteiger partial charge on any atom is 0.255 e. The highest BCUT2D eigenvalue weighted by Crippen LogP contribution is 2.19. The van der Waals surface area contributed by atoms with Crippen molar-refractivity contribution in [3.8, 4) is 0 Å². The van der Waals surface area contributed by atoms with Crippen LogP contribution in [0.4, 0.5) is 4.39 Å². The zero-order chi connectivity index (χ0) is 13.5. The first-order valence-corrected chi connectivity index (χ1v) is 6.26. The van der Waals surface area contributed by atoms with Crippen LogP contribution in [0.3, 0.4) is 0 Å². The molecule has 0 spiro atoms. The van der Waals surface area contributed by atoms with E-state index in [1.54, 1.807) is 6.07 Å². The van der Waals surface area contributed by atoms with Gasteiger partial charge in [-0.25, -0.2) is 4.39 Å². The Morgan fingerprint density at radius 1 is 1.56 bits per heavy atom. The van der Waals surface area contributed by atoms with Gasteiger partial charge in [0.2, 0.25) is 0 Å². The molecule has 18 heavy (non-hydrogen) atoms.